The first-order valence-electron chi connectivity index (χ1n) is 7.87. The Kier molecular flexibility index (Phi) is 4.14. The lowest BCUT2D eigenvalue weighted by molar-refractivity contribution is 0.475. The van der Waals surface area contributed by atoms with E-state index in [9.17, 15) is 9.50 Å². The Morgan fingerprint density at radius 1 is 0.962 bits per heavy atom. The molecule has 0 fully saturated rings. The number of benzene rings is 2. The highest BCUT2D eigenvalue weighted by Gasteiger charge is 2.12. The molecule has 0 aliphatic carbocycles. The van der Waals surface area contributed by atoms with Gasteiger partial charge in [-0.25, -0.2) is 4.39 Å². The second kappa shape index (κ2) is 6.61. The summed E-state index contributed by atoms with van der Waals surface area (Å²) in [7, 11) is 0. The molecule has 26 heavy (non-hydrogen) atoms. The van der Waals surface area contributed by atoms with Gasteiger partial charge >= 0.3 is 0 Å². The molecule has 0 amide bonds. The molecule has 2 N–H and O–H groups in total. The van der Waals surface area contributed by atoms with E-state index < -0.39 is 5.82 Å². The van der Waals surface area contributed by atoms with Gasteiger partial charge in [-0.05, 0) is 36.4 Å². The first kappa shape index (κ1) is 16.3. The fourth-order valence-corrected chi connectivity index (χ4v) is 2.91. The van der Waals surface area contributed by atoms with Crippen LogP contribution in [0, 0.1) is 5.82 Å². The molecule has 0 saturated heterocycles. The highest BCUT2D eigenvalue weighted by molar-refractivity contribution is 6.30. The summed E-state index contributed by atoms with van der Waals surface area (Å²) >= 11 is 5.97. The first-order valence-corrected chi connectivity index (χ1v) is 8.25. The van der Waals surface area contributed by atoms with Crippen molar-refractivity contribution in [3.63, 3.8) is 0 Å². The van der Waals surface area contributed by atoms with E-state index in [1.165, 1.54) is 24.4 Å². The molecule has 4 nitrogen and oxygen atoms in total. The molecule has 0 aliphatic rings. The Balaban J connectivity index is 1.78. The van der Waals surface area contributed by atoms with Crippen LogP contribution in [-0.2, 0) is 0 Å². The molecule has 0 unspecified atom stereocenters. The van der Waals surface area contributed by atoms with E-state index in [0.717, 1.165) is 16.6 Å². The van der Waals surface area contributed by atoms with Gasteiger partial charge in [0.25, 0.3) is 0 Å². The van der Waals surface area contributed by atoms with Gasteiger partial charge in [0.05, 0.1) is 23.1 Å². The number of nitrogens with one attached hydrogen (secondary N) is 1. The van der Waals surface area contributed by atoms with Crippen molar-refractivity contribution in [1.29, 1.82) is 0 Å². The molecule has 6 heteroatoms. The van der Waals surface area contributed by atoms with E-state index in [1.807, 2.05) is 30.3 Å². The topological polar surface area (TPSA) is 58.0 Å². The van der Waals surface area contributed by atoms with Crippen LogP contribution in [0.3, 0.4) is 0 Å². The lowest BCUT2D eigenvalue weighted by Gasteiger charge is -2.12. The molecule has 128 valence electrons. The quantitative estimate of drug-likeness (QED) is 0.500. The Labute approximate surface area is 153 Å². The Hall–Kier alpha value is -3.18. The smallest absolute Gasteiger partial charge is 0.157 e. The maximum absolute atomic E-state index is 14.1. The van der Waals surface area contributed by atoms with E-state index in [2.05, 4.69) is 15.3 Å². The number of aromatic hydroxyl groups is 1. The van der Waals surface area contributed by atoms with Crippen LogP contribution >= 0.6 is 11.6 Å². The SMILES string of the molecule is Oc1cnc(-c2cc(Cl)ccc2F)cc1Nc1ccnc2ccccc12. The van der Waals surface area contributed by atoms with E-state index in [0.29, 0.717) is 16.4 Å². The normalized spacial score (nSPS) is 10.8. The zero-order valence-electron chi connectivity index (χ0n) is 13.4. The molecule has 0 radical (unpaired) electrons. The minimum absolute atomic E-state index is 0.0444. The van der Waals surface area contributed by atoms with Gasteiger partial charge in [-0.1, -0.05) is 29.8 Å². The molecular formula is C20H13ClFN3O. The molecule has 0 aliphatic heterocycles. The predicted octanol–water partition coefficient (Wildman–Crippen LogP) is 5.54. The lowest BCUT2D eigenvalue weighted by atomic mass is 10.1. The highest BCUT2D eigenvalue weighted by atomic mass is 35.5. The number of fused-ring (bicyclic) bond motifs is 1. The molecule has 2 aromatic heterocycles. The minimum atomic E-state index is -0.437. The zero-order valence-corrected chi connectivity index (χ0v) is 14.2. The van der Waals surface area contributed by atoms with Crippen molar-refractivity contribution in [2.24, 2.45) is 0 Å². The molecule has 0 atom stereocenters. The largest absolute Gasteiger partial charge is 0.504 e. The molecular weight excluding hydrogens is 353 g/mol. The summed E-state index contributed by atoms with van der Waals surface area (Å²) in [5.41, 5.74) is 2.64. The summed E-state index contributed by atoms with van der Waals surface area (Å²) in [6.45, 7) is 0. The average Bonchev–Trinajstić information content (AvgIpc) is 2.66. The summed E-state index contributed by atoms with van der Waals surface area (Å²) in [6, 6.07) is 15.3. The summed E-state index contributed by atoms with van der Waals surface area (Å²) in [5.74, 6) is -0.481. The number of halogens is 2. The predicted molar refractivity (Wildman–Crippen MR) is 101 cm³/mol. The fraction of sp³-hybridized carbons (Fsp3) is 0. The summed E-state index contributed by atoms with van der Waals surface area (Å²) < 4.78 is 14.1. The van der Waals surface area contributed by atoms with Crippen molar-refractivity contribution in [1.82, 2.24) is 9.97 Å². The molecule has 4 aromatic rings. The van der Waals surface area contributed by atoms with E-state index >= 15 is 0 Å². The number of aromatic nitrogens is 2. The number of pyridine rings is 2. The van der Waals surface area contributed by atoms with Crippen molar-refractivity contribution < 1.29 is 9.50 Å². The van der Waals surface area contributed by atoms with Gasteiger partial charge in [0.1, 0.15) is 5.82 Å². The molecule has 4 rings (SSSR count). The zero-order chi connectivity index (χ0) is 18.1. The summed E-state index contributed by atoms with van der Waals surface area (Å²) in [6.07, 6.45) is 2.96. The molecule has 2 aromatic carbocycles. The van der Waals surface area contributed by atoms with Gasteiger partial charge in [0, 0.05) is 27.9 Å². The number of anilines is 2. The molecule has 0 saturated carbocycles. The highest BCUT2D eigenvalue weighted by Crippen LogP contribution is 2.33. The maximum Gasteiger partial charge on any atom is 0.157 e. The van der Waals surface area contributed by atoms with E-state index in [-0.39, 0.29) is 11.3 Å². The van der Waals surface area contributed by atoms with Crippen molar-refractivity contribution in [2.45, 2.75) is 0 Å². The van der Waals surface area contributed by atoms with Crippen molar-refractivity contribution in [3.8, 4) is 17.0 Å². The van der Waals surface area contributed by atoms with Crippen molar-refractivity contribution >= 4 is 33.9 Å². The first-order chi connectivity index (χ1) is 12.6. The van der Waals surface area contributed by atoms with Crippen LogP contribution in [0.25, 0.3) is 22.2 Å². The maximum atomic E-state index is 14.1. The molecule has 0 bridgehead atoms. The summed E-state index contributed by atoms with van der Waals surface area (Å²) in [4.78, 5) is 8.43. The fourth-order valence-electron chi connectivity index (χ4n) is 2.74. The van der Waals surface area contributed by atoms with Crippen molar-refractivity contribution in [2.75, 3.05) is 5.32 Å². The number of hydrogen-bond donors (Lipinski definition) is 2. The number of hydrogen-bond acceptors (Lipinski definition) is 4. The molecule has 2 heterocycles. The van der Waals surface area contributed by atoms with Crippen LogP contribution in [0.15, 0.2) is 67.0 Å². The second-order valence-electron chi connectivity index (χ2n) is 5.71. The second-order valence-corrected chi connectivity index (χ2v) is 6.15. The Morgan fingerprint density at radius 2 is 1.81 bits per heavy atom. The minimum Gasteiger partial charge on any atom is -0.504 e. The van der Waals surface area contributed by atoms with Crippen LogP contribution < -0.4 is 5.32 Å². The number of nitrogens with zero attached hydrogens (tertiary/aromatic N) is 2. The van der Waals surface area contributed by atoms with Gasteiger partial charge in [0.15, 0.2) is 5.75 Å². The standard InChI is InChI=1S/C20H13ClFN3O/c21-12-5-6-15(22)14(9-12)18-10-19(20(26)11-24-18)25-17-7-8-23-16-4-2-1-3-13(16)17/h1-11,26H,(H,23,24,25). The van der Waals surface area contributed by atoms with Crippen LogP contribution in [0.5, 0.6) is 5.75 Å². The van der Waals surface area contributed by atoms with Crippen molar-refractivity contribution in [3.05, 3.63) is 77.8 Å². The Morgan fingerprint density at radius 3 is 2.69 bits per heavy atom. The van der Waals surface area contributed by atoms with Gasteiger partial charge in [-0.15, -0.1) is 0 Å². The Bertz CT molecular complexity index is 1110. The van der Waals surface area contributed by atoms with Gasteiger partial charge < -0.3 is 10.4 Å². The van der Waals surface area contributed by atoms with Crippen LogP contribution in [0.1, 0.15) is 0 Å². The third-order valence-electron chi connectivity index (χ3n) is 4.01. The number of rotatable bonds is 3. The summed E-state index contributed by atoms with van der Waals surface area (Å²) in [5, 5.41) is 14.7. The van der Waals surface area contributed by atoms with Crippen LogP contribution in [0.4, 0.5) is 15.8 Å². The number of para-hydroxylation sites is 1. The van der Waals surface area contributed by atoms with Gasteiger partial charge in [-0.2, -0.15) is 0 Å². The average molecular weight is 366 g/mol. The van der Waals surface area contributed by atoms with E-state index in [4.69, 9.17) is 11.6 Å². The lowest BCUT2D eigenvalue weighted by Crippen LogP contribution is -1.96. The molecule has 0 spiro atoms. The van der Waals surface area contributed by atoms with E-state index in [1.54, 1.807) is 12.3 Å². The van der Waals surface area contributed by atoms with Gasteiger partial charge in [0.2, 0.25) is 0 Å². The third kappa shape index (κ3) is 3.05. The van der Waals surface area contributed by atoms with Gasteiger partial charge in [-0.3, -0.25) is 9.97 Å². The third-order valence-corrected chi connectivity index (χ3v) is 4.24. The van der Waals surface area contributed by atoms with Crippen LogP contribution in [-0.4, -0.2) is 15.1 Å². The van der Waals surface area contributed by atoms with Crippen LogP contribution in [0.2, 0.25) is 5.02 Å². The monoisotopic (exact) mass is 365 g/mol.